The zero-order valence-corrected chi connectivity index (χ0v) is 15.0. The molecular formula is C17H25ClN2OS. The Balaban J connectivity index is 1.68. The van der Waals surface area contributed by atoms with Crippen LogP contribution in [-0.4, -0.2) is 54.2 Å². The van der Waals surface area contributed by atoms with Gasteiger partial charge in [-0.1, -0.05) is 37.6 Å². The zero-order valence-electron chi connectivity index (χ0n) is 13.4. The summed E-state index contributed by atoms with van der Waals surface area (Å²) in [6.45, 7) is 9.35. The molecule has 122 valence electrons. The van der Waals surface area contributed by atoms with Crippen molar-refractivity contribution in [2.75, 3.05) is 38.5 Å². The van der Waals surface area contributed by atoms with E-state index in [1.54, 1.807) is 11.8 Å². The molecule has 1 aromatic carbocycles. The first-order valence-electron chi connectivity index (χ1n) is 7.87. The van der Waals surface area contributed by atoms with Gasteiger partial charge in [-0.2, -0.15) is 0 Å². The largest absolute Gasteiger partial charge is 0.339 e. The first-order chi connectivity index (χ1) is 10.5. The molecule has 0 saturated carbocycles. The van der Waals surface area contributed by atoms with Crippen molar-refractivity contribution in [1.29, 1.82) is 0 Å². The lowest BCUT2D eigenvalue weighted by atomic mass is 10.2. The van der Waals surface area contributed by atoms with Gasteiger partial charge in [-0.3, -0.25) is 9.69 Å². The quantitative estimate of drug-likeness (QED) is 0.793. The Labute approximate surface area is 143 Å². The summed E-state index contributed by atoms with van der Waals surface area (Å²) in [4.78, 5) is 16.7. The second-order valence-electron chi connectivity index (χ2n) is 6.20. The Bertz CT molecular complexity index is 487. The van der Waals surface area contributed by atoms with Gasteiger partial charge in [-0.05, 0) is 23.6 Å². The monoisotopic (exact) mass is 340 g/mol. The van der Waals surface area contributed by atoms with Gasteiger partial charge < -0.3 is 4.90 Å². The number of amides is 1. The Kier molecular flexibility index (Phi) is 7.06. The summed E-state index contributed by atoms with van der Waals surface area (Å²) >= 11 is 7.63. The molecule has 0 aromatic heterocycles. The number of nitrogens with zero attached hydrogens (tertiary/aromatic N) is 2. The SMILES string of the molecule is CC(C)CN1CCN(C(=O)CSCc2cccc(Cl)c2)CC1. The van der Waals surface area contributed by atoms with E-state index in [4.69, 9.17) is 11.6 Å². The van der Waals surface area contributed by atoms with E-state index in [2.05, 4.69) is 18.7 Å². The molecular weight excluding hydrogens is 316 g/mol. The van der Waals surface area contributed by atoms with Gasteiger partial charge in [0.2, 0.25) is 5.91 Å². The van der Waals surface area contributed by atoms with Crippen molar-refractivity contribution in [3.8, 4) is 0 Å². The molecule has 1 heterocycles. The number of benzene rings is 1. The minimum atomic E-state index is 0.260. The van der Waals surface area contributed by atoms with Gasteiger partial charge in [-0.15, -0.1) is 11.8 Å². The van der Waals surface area contributed by atoms with Crippen LogP contribution in [0.1, 0.15) is 19.4 Å². The number of rotatable bonds is 6. The highest BCUT2D eigenvalue weighted by molar-refractivity contribution is 7.99. The zero-order chi connectivity index (χ0) is 15.9. The molecule has 2 rings (SSSR count). The van der Waals surface area contributed by atoms with Crippen molar-refractivity contribution >= 4 is 29.3 Å². The molecule has 1 aromatic rings. The van der Waals surface area contributed by atoms with Crippen molar-refractivity contribution in [2.24, 2.45) is 5.92 Å². The lowest BCUT2D eigenvalue weighted by Gasteiger charge is -2.35. The number of halogens is 1. The standard InChI is InChI=1S/C17H25ClN2OS/c1-14(2)11-19-6-8-20(9-7-19)17(21)13-22-12-15-4-3-5-16(18)10-15/h3-5,10,14H,6-9,11-13H2,1-2H3. The van der Waals surface area contributed by atoms with Gasteiger partial charge in [0.1, 0.15) is 0 Å². The van der Waals surface area contributed by atoms with Gasteiger partial charge in [0, 0.05) is 43.5 Å². The summed E-state index contributed by atoms with van der Waals surface area (Å²) in [7, 11) is 0. The topological polar surface area (TPSA) is 23.6 Å². The molecule has 0 bridgehead atoms. The van der Waals surface area contributed by atoms with Crippen LogP contribution in [0.15, 0.2) is 24.3 Å². The van der Waals surface area contributed by atoms with E-state index >= 15 is 0 Å². The highest BCUT2D eigenvalue weighted by Gasteiger charge is 2.21. The number of carbonyl (C=O) groups excluding carboxylic acids is 1. The summed E-state index contributed by atoms with van der Waals surface area (Å²) in [5.41, 5.74) is 1.17. The van der Waals surface area contributed by atoms with Gasteiger partial charge >= 0.3 is 0 Å². The van der Waals surface area contributed by atoms with E-state index in [0.29, 0.717) is 11.7 Å². The number of thioether (sulfide) groups is 1. The number of carbonyl (C=O) groups is 1. The van der Waals surface area contributed by atoms with E-state index in [9.17, 15) is 4.79 Å². The summed E-state index contributed by atoms with van der Waals surface area (Å²) in [6, 6.07) is 7.84. The second-order valence-corrected chi connectivity index (χ2v) is 7.62. The predicted molar refractivity (Wildman–Crippen MR) is 95.5 cm³/mol. The average molecular weight is 341 g/mol. The van der Waals surface area contributed by atoms with E-state index in [0.717, 1.165) is 43.5 Å². The molecule has 1 aliphatic rings. The average Bonchev–Trinajstić information content (AvgIpc) is 2.47. The number of hydrogen-bond acceptors (Lipinski definition) is 3. The molecule has 1 fully saturated rings. The fourth-order valence-electron chi connectivity index (χ4n) is 2.67. The molecule has 1 aliphatic heterocycles. The van der Waals surface area contributed by atoms with E-state index in [-0.39, 0.29) is 5.91 Å². The van der Waals surface area contributed by atoms with E-state index in [1.807, 2.05) is 29.2 Å². The molecule has 1 saturated heterocycles. The Hall–Kier alpha value is -0.710. The second kappa shape index (κ2) is 8.80. The molecule has 0 atom stereocenters. The van der Waals surface area contributed by atoms with Crippen molar-refractivity contribution in [2.45, 2.75) is 19.6 Å². The normalized spacial score (nSPS) is 16.3. The molecule has 0 N–H and O–H groups in total. The van der Waals surface area contributed by atoms with Gasteiger partial charge in [0.25, 0.3) is 0 Å². The maximum absolute atomic E-state index is 12.2. The number of piperazine rings is 1. The molecule has 0 radical (unpaired) electrons. The molecule has 0 aliphatic carbocycles. The van der Waals surface area contributed by atoms with E-state index in [1.165, 1.54) is 5.56 Å². The summed E-state index contributed by atoms with van der Waals surface area (Å²) in [6.07, 6.45) is 0. The highest BCUT2D eigenvalue weighted by Crippen LogP contribution is 2.17. The fourth-order valence-corrected chi connectivity index (χ4v) is 3.76. The van der Waals surface area contributed by atoms with Crippen LogP contribution in [0.5, 0.6) is 0 Å². The first kappa shape index (κ1) is 17.6. The Morgan fingerprint density at radius 1 is 1.27 bits per heavy atom. The van der Waals surface area contributed by atoms with Crippen LogP contribution >= 0.6 is 23.4 Å². The lowest BCUT2D eigenvalue weighted by molar-refractivity contribution is -0.130. The third-order valence-electron chi connectivity index (χ3n) is 3.73. The van der Waals surface area contributed by atoms with Gasteiger partial charge in [0.05, 0.1) is 5.75 Å². The molecule has 3 nitrogen and oxygen atoms in total. The molecule has 1 amide bonds. The minimum absolute atomic E-state index is 0.260. The van der Waals surface area contributed by atoms with Crippen molar-refractivity contribution < 1.29 is 4.79 Å². The van der Waals surface area contributed by atoms with Crippen molar-refractivity contribution in [3.63, 3.8) is 0 Å². The summed E-state index contributed by atoms with van der Waals surface area (Å²) < 4.78 is 0. The smallest absolute Gasteiger partial charge is 0.232 e. The predicted octanol–water partition coefficient (Wildman–Crippen LogP) is 3.37. The molecule has 5 heteroatoms. The fraction of sp³-hybridized carbons (Fsp3) is 0.588. The summed E-state index contributed by atoms with van der Waals surface area (Å²) in [5.74, 6) is 2.34. The van der Waals surface area contributed by atoms with Crippen LogP contribution in [0.3, 0.4) is 0 Å². The van der Waals surface area contributed by atoms with Crippen LogP contribution in [-0.2, 0) is 10.5 Å². The highest BCUT2D eigenvalue weighted by atomic mass is 35.5. The third-order valence-corrected chi connectivity index (χ3v) is 4.96. The third kappa shape index (κ3) is 5.82. The minimum Gasteiger partial charge on any atom is -0.339 e. The van der Waals surface area contributed by atoms with Crippen LogP contribution in [0.2, 0.25) is 5.02 Å². The van der Waals surface area contributed by atoms with Crippen LogP contribution in [0, 0.1) is 5.92 Å². The number of hydrogen-bond donors (Lipinski definition) is 0. The van der Waals surface area contributed by atoms with Crippen LogP contribution < -0.4 is 0 Å². The van der Waals surface area contributed by atoms with E-state index < -0.39 is 0 Å². The van der Waals surface area contributed by atoms with Crippen LogP contribution in [0.4, 0.5) is 0 Å². The maximum Gasteiger partial charge on any atom is 0.232 e. The molecule has 22 heavy (non-hydrogen) atoms. The Morgan fingerprint density at radius 3 is 2.64 bits per heavy atom. The maximum atomic E-state index is 12.2. The van der Waals surface area contributed by atoms with Gasteiger partial charge in [0.15, 0.2) is 0 Å². The van der Waals surface area contributed by atoms with Crippen LogP contribution in [0.25, 0.3) is 0 Å². The molecule has 0 spiro atoms. The summed E-state index contributed by atoms with van der Waals surface area (Å²) in [5, 5.41) is 0.755. The van der Waals surface area contributed by atoms with Gasteiger partial charge in [-0.25, -0.2) is 0 Å². The van der Waals surface area contributed by atoms with Crippen molar-refractivity contribution in [3.05, 3.63) is 34.9 Å². The lowest BCUT2D eigenvalue weighted by Crippen LogP contribution is -2.50. The molecule has 0 unspecified atom stereocenters. The van der Waals surface area contributed by atoms with Crippen molar-refractivity contribution in [1.82, 2.24) is 9.80 Å². The first-order valence-corrected chi connectivity index (χ1v) is 9.40. The Morgan fingerprint density at radius 2 is 2.00 bits per heavy atom.